The molecule has 0 radical (unpaired) electrons. The van der Waals surface area contributed by atoms with Gasteiger partial charge in [0.05, 0.1) is 0 Å². The Hall–Kier alpha value is -1.85. The zero-order valence-electron chi connectivity index (χ0n) is 10.3. The highest BCUT2D eigenvalue weighted by molar-refractivity contribution is 7.52. The van der Waals surface area contributed by atoms with Crippen molar-refractivity contribution in [1.82, 2.24) is 0 Å². The second-order valence-electron chi connectivity index (χ2n) is 3.92. The van der Waals surface area contributed by atoms with Crippen molar-refractivity contribution < 1.29 is 28.9 Å². The lowest BCUT2D eigenvalue weighted by atomic mass is 10.3. The number of para-hydroxylation sites is 2. The number of hydrogen-bond acceptors (Lipinski definition) is 4. The van der Waals surface area contributed by atoms with Crippen LogP contribution < -0.4 is 9.47 Å². The Morgan fingerprint density at radius 3 is 1.45 bits per heavy atom. The van der Waals surface area contributed by atoms with Crippen LogP contribution in [0.2, 0.25) is 0 Å². The van der Waals surface area contributed by atoms with E-state index in [0.717, 1.165) is 0 Å². The number of ether oxygens (including phenoxy) is 2. The Balaban J connectivity index is 2.29. The molecule has 0 aliphatic carbocycles. The molecular weight excluding hydrogens is 283 g/mol. The molecule has 0 amide bonds. The van der Waals surface area contributed by atoms with Crippen LogP contribution in [0.4, 0.5) is 0 Å². The summed E-state index contributed by atoms with van der Waals surface area (Å²) in [6.45, 7) is 0. The third-order valence-electron chi connectivity index (χ3n) is 2.36. The molecule has 20 heavy (non-hydrogen) atoms. The number of hydrogen-bond donors (Lipinski definition) is 3. The van der Waals surface area contributed by atoms with Gasteiger partial charge in [-0.25, -0.2) is 4.57 Å². The second-order valence-corrected chi connectivity index (χ2v) is 5.58. The minimum atomic E-state index is -5.11. The van der Waals surface area contributed by atoms with E-state index in [0.29, 0.717) is 0 Å². The molecule has 0 spiro atoms. The smallest absolute Gasteiger partial charge is 0.421 e. The van der Waals surface area contributed by atoms with Crippen LogP contribution in [0.1, 0.15) is 0 Å². The topological polar surface area (TPSA) is 96.2 Å². The fourth-order valence-corrected chi connectivity index (χ4v) is 1.87. The largest absolute Gasteiger partial charge is 0.476 e. The summed E-state index contributed by atoms with van der Waals surface area (Å²) in [4.78, 5) is 18.5. The van der Waals surface area contributed by atoms with Crippen molar-refractivity contribution in [2.45, 2.75) is 5.71 Å². The summed E-state index contributed by atoms with van der Waals surface area (Å²) >= 11 is 0. The van der Waals surface area contributed by atoms with Crippen molar-refractivity contribution >= 4 is 7.60 Å². The van der Waals surface area contributed by atoms with E-state index in [-0.39, 0.29) is 11.5 Å². The van der Waals surface area contributed by atoms with Gasteiger partial charge in [-0.1, -0.05) is 36.4 Å². The van der Waals surface area contributed by atoms with Gasteiger partial charge in [-0.3, -0.25) is 0 Å². The minimum absolute atomic E-state index is 0.0641. The summed E-state index contributed by atoms with van der Waals surface area (Å²) in [6.07, 6.45) is 0. The molecule has 3 N–H and O–H groups in total. The molecule has 7 heteroatoms. The van der Waals surface area contributed by atoms with Crippen LogP contribution in [0.25, 0.3) is 0 Å². The average Bonchev–Trinajstić information content (AvgIpc) is 2.39. The minimum Gasteiger partial charge on any atom is -0.421 e. The molecule has 2 rings (SSSR count). The first-order valence-electron chi connectivity index (χ1n) is 5.67. The summed E-state index contributed by atoms with van der Waals surface area (Å²) in [7, 11) is -5.11. The molecule has 0 unspecified atom stereocenters. The molecule has 0 bridgehead atoms. The highest BCUT2D eigenvalue weighted by Crippen LogP contribution is 2.50. The van der Waals surface area contributed by atoms with Gasteiger partial charge in [-0.15, -0.1) is 0 Å². The van der Waals surface area contributed by atoms with Crippen molar-refractivity contribution in [3.05, 3.63) is 60.7 Å². The van der Waals surface area contributed by atoms with Gasteiger partial charge in [0.15, 0.2) is 0 Å². The van der Waals surface area contributed by atoms with E-state index >= 15 is 0 Å². The van der Waals surface area contributed by atoms with Crippen molar-refractivity contribution in [3.63, 3.8) is 0 Å². The molecule has 2 aromatic rings. The molecule has 0 aliphatic rings. The van der Waals surface area contributed by atoms with Crippen molar-refractivity contribution in [3.8, 4) is 11.5 Å². The zero-order chi connectivity index (χ0) is 14.6. The lowest BCUT2D eigenvalue weighted by molar-refractivity contribution is -0.216. The van der Waals surface area contributed by atoms with Crippen LogP contribution in [-0.2, 0) is 4.57 Å². The Morgan fingerprint density at radius 1 is 0.800 bits per heavy atom. The van der Waals surface area contributed by atoms with E-state index in [1.54, 1.807) is 36.4 Å². The van der Waals surface area contributed by atoms with E-state index in [2.05, 4.69) is 0 Å². The quantitative estimate of drug-likeness (QED) is 0.576. The first kappa shape index (κ1) is 14.6. The molecule has 0 saturated carbocycles. The Labute approximate surface area is 115 Å². The summed E-state index contributed by atoms with van der Waals surface area (Å²) in [5, 5.41) is 10.0. The normalized spacial score (nSPS) is 11.9. The second kappa shape index (κ2) is 5.64. The predicted octanol–water partition coefficient (Wildman–Crippen LogP) is 1.93. The number of aliphatic hydroxyl groups is 1. The van der Waals surface area contributed by atoms with Crippen LogP contribution in [0, 0.1) is 0 Å². The molecule has 0 atom stereocenters. The van der Waals surface area contributed by atoms with Crippen LogP contribution in [0.5, 0.6) is 11.5 Å². The first-order chi connectivity index (χ1) is 9.41. The van der Waals surface area contributed by atoms with Gasteiger partial charge in [-0.05, 0) is 24.3 Å². The molecule has 0 saturated heterocycles. The number of rotatable bonds is 5. The van der Waals surface area contributed by atoms with Gasteiger partial charge in [-0.2, -0.15) is 0 Å². The fraction of sp³-hybridized carbons (Fsp3) is 0.0769. The van der Waals surface area contributed by atoms with Gasteiger partial charge in [0.1, 0.15) is 11.5 Å². The first-order valence-corrected chi connectivity index (χ1v) is 7.28. The predicted molar refractivity (Wildman–Crippen MR) is 71.1 cm³/mol. The van der Waals surface area contributed by atoms with E-state index < -0.39 is 13.3 Å². The maximum Gasteiger partial charge on any atom is 0.476 e. The van der Waals surface area contributed by atoms with Crippen LogP contribution >= 0.6 is 7.60 Å². The SMILES string of the molecule is O=P(O)(O)C(O)(Oc1ccccc1)Oc1ccccc1. The van der Waals surface area contributed by atoms with Crippen molar-refractivity contribution in [2.24, 2.45) is 0 Å². The highest BCUT2D eigenvalue weighted by atomic mass is 31.2. The van der Waals surface area contributed by atoms with Gasteiger partial charge in [0.2, 0.25) is 0 Å². The Kier molecular flexibility index (Phi) is 4.11. The third kappa shape index (κ3) is 3.37. The Morgan fingerprint density at radius 2 is 1.15 bits per heavy atom. The molecule has 106 valence electrons. The van der Waals surface area contributed by atoms with Gasteiger partial charge < -0.3 is 24.4 Å². The molecule has 6 nitrogen and oxygen atoms in total. The van der Waals surface area contributed by atoms with Crippen molar-refractivity contribution in [2.75, 3.05) is 0 Å². The zero-order valence-corrected chi connectivity index (χ0v) is 11.2. The Bertz CT molecular complexity index is 553. The summed E-state index contributed by atoms with van der Waals surface area (Å²) < 4.78 is 21.3. The van der Waals surface area contributed by atoms with Crippen LogP contribution in [0.15, 0.2) is 60.7 Å². The number of benzene rings is 2. The monoisotopic (exact) mass is 296 g/mol. The third-order valence-corrected chi connectivity index (χ3v) is 3.27. The lowest BCUT2D eigenvalue weighted by Crippen LogP contribution is -2.42. The summed E-state index contributed by atoms with van der Waals surface area (Å²) in [6, 6.07) is 15.5. The van der Waals surface area contributed by atoms with E-state index in [4.69, 9.17) is 9.47 Å². The molecule has 0 heterocycles. The molecule has 0 fully saturated rings. The van der Waals surface area contributed by atoms with Gasteiger partial charge in [0.25, 0.3) is 0 Å². The average molecular weight is 296 g/mol. The maximum absolute atomic E-state index is 11.5. The van der Waals surface area contributed by atoms with Gasteiger partial charge >= 0.3 is 13.3 Å². The lowest BCUT2D eigenvalue weighted by Gasteiger charge is -2.28. The van der Waals surface area contributed by atoms with E-state index in [9.17, 15) is 19.5 Å². The van der Waals surface area contributed by atoms with Crippen LogP contribution in [0.3, 0.4) is 0 Å². The van der Waals surface area contributed by atoms with E-state index in [1.807, 2.05) is 0 Å². The van der Waals surface area contributed by atoms with E-state index in [1.165, 1.54) is 24.3 Å². The van der Waals surface area contributed by atoms with Crippen molar-refractivity contribution in [1.29, 1.82) is 0 Å². The fourth-order valence-electron chi connectivity index (χ4n) is 1.42. The summed E-state index contributed by atoms with van der Waals surface area (Å²) in [5.41, 5.74) is -3.09. The molecule has 0 aromatic heterocycles. The summed E-state index contributed by atoms with van der Waals surface area (Å²) in [5.74, 6) is 0.128. The highest BCUT2D eigenvalue weighted by Gasteiger charge is 2.52. The van der Waals surface area contributed by atoms with Gasteiger partial charge in [0, 0.05) is 0 Å². The maximum atomic E-state index is 11.5. The standard InChI is InChI=1S/C13H13O6P/c14-13(20(15,16)17,18-11-7-3-1-4-8-11)19-12-9-5-2-6-10-12/h1-10,14H,(H2,15,16,17). The van der Waals surface area contributed by atoms with Crippen LogP contribution in [-0.4, -0.2) is 20.6 Å². The molecular formula is C13H13O6P. The molecule has 0 aliphatic heterocycles. The molecule has 2 aromatic carbocycles.